The molecule has 0 fully saturated rings. The maximum atomic E-state index is 9.83. The van der Waals surface area contributed by atoms with Crippen molar-refractivity contribution in [2.75, 3.05) is 13.2 Å². The van der Waals surface area contributed by atoms with Gasteiger partial charge in [-0.2, -0.15) is 0 Å². The third kappa shape index (κ3) is 3.95. The third-order valence-corrected chi connectivity index (χ3v) is 3.26. The van der Waals surface area contributed by atoms with Gasteiger partial charge >= 0.3 is 0 Å². The van der Waals surface area contributed by atoms with Crippen molar-refractivity contribution in [1.29, 1.82) is 0 Å². The molecule has 0 aromatic rings. The molecule has 0 bridgehead atoms. The van der Waals surface area contributed by atoms with Gasteiger partial charge in [-0.15, -0.1) is 0 Å². The van der Waals surface area contributed by atoms with E-state index in [-0.39, 0.29) is 12.1 Å². The van der Waals surface area contributed by atoms with E-state index >= 15 is 0 Å². The summed E-state index contributed by atoms with van der Waals surface area (Å²) >= 11 is 0. The van der Waals surface area contributed by atoms with E-state index in [2.05, 4.69) is 5.32 Å². The van der Waals surface area contributed by atoms with Crippen molar-refractivity contribution in [3.8, 4) is 0 Å². The summed E-state index contributed by atoms with van der Waals surface area (Å²) in [5, 5.41) is 22.4. The molecule has 0 rings (SSSR count). The number of hydrogen-bond donors (Lipinski definition) is 3. The normalized spacial score (nSPS) is 16.7. The Kier molecular flexibility index (Phi) is 5.64. The lowest BCUT2D eigenvalue weighted by atomic mass is 9.92. The van der Waals surface area contributed by atoms with Crippen molar-refractivity contribution < 1.29 is 10.2 Å². The minimum atomic E-state index is -0.676. The molecule has 3 N–H and O–H groups in total. The van der Waals surface area contributed by atoms with Gasteiger partial charge in [0.1, 0.15) is 0 Å². The third-order valence-electron chi connectivity index (χ3n) is 3.26. The fraction of sp³-hybridized carbons (Fsp3) is 1.00. The Morgan fingerprint density at radius 1 is 1.07 bits per heavy atom. The van der Waals surface area contributed by atoms with Gasteiger partial charge in [-0.3, -0.25) is 0 Å². The van der Waals surface area contributed by atoms with Crippen molar-refractivity contribution in [1.82, 2.24) is 5.32 Å². The highest BCUT2D eigenvalue weighted by Gasteiger charge is 2.28. The van der Waals surface area contributed by atoms with Crippen molar-refractivity contribution in [3.63, 3.8) is 0 Å². The first kappa shape index (κ1) is 13.9. The molecule has 0 aromatic carbocycles. The van der Waals surface area contributed by atoms with Gasteiger partial charge in [0.05, 0.1) is 12.2 Å². The molecule has 3 heteroatoms. The molecular weight excluding hydrogens is 178 g/mol. The van der Waals surface area contributed by atoms with E-state index in [9.17, 15) is 10.2 Å². The topological polar surface area (TPSA) is 52.5 Å². The summed E-state index contributed by atoms with van der Waals surface area (Å²) in [6.07, 6.45) is 2.47. The molecule has 86 valence electrons. The Labute approximate surface area is 87.5 Å². The smallest absolute Gasteiger partial charge is 0.0741 e. The molecule has 0 radical (unpaired) electrons. The van der Waals surface area contributed by atoms with E-state index in [0.717, 1.165) is 19.3 Å². The van der Waals surface area contributed by atoms with E-state index < -0.39 is 5.60 Å². The molecule has 0 aliphatic rings. The van der Waals surface area contributed by atoms with E-state index in [4.69, 9.17) is 0 Å². The maximum absolute atomic E-state index is 9.83. The lowest BCUT2D eigenvalue weighted by molar-refractivity contribution is 0.0368. The molecule has 0 spiro atoms. The lowest BCUT2D eigenvalue weighted by Crippen LogP contribution is -2.52. The Bertz CT molecular complexity index is 145. The van der Waals surface area contributed by atoms with E-state index in [1.165, 1.54) is 0 Å². The van der Waals surface area contributed by atoms with Crippen molar-refractivity contribution in [3.05, 3.63) is 0 Å². The molecule has 14 heavy (non-hydrogen) atoms. The molecule has 0 saturated heterocycles. The summed E-state index contributed by atoms with van der Waals surface area (Å²) in [5.74, 6) is 0. The van der Waals surface area contributed by atoms with Crippen LogP contribution in [-0.4, -0.2) is 34.5 Å². The molecule has 1 unspecified atom stereocenters. The first-order chi connectivity index (χ1) is 6.45. The van der Waals surface area contributed by atoms with Gasteiger partial charge < -0.3 is 15.5 Å². The lowest BCUT2D eigenvalue weighted by Gasteiger charge is -2.34. The molecule has 0 aliphatic heterocycles. The SMILES string of the molecule is CCC(C)(O)CNC(CC)(CC)CO. The molecule has 0 saturated carbocycles. The van der Waals surface area contributed by atoms with Gasteiger partial charge in [0.15, 0.2) is 0 Å². The van der Waals surface area contributed by atoms with Crippen LogP contribution in [0.5, 0.6) is 0 Å². The average molecular weight is 203 g/mol. The van der Waals surface area contributed by atoms with Crippen LogP contribution in [0, 0.1) is 0 Å². The number of β-amino-alcohol motifs (C(OH)–C–C–N with tert-alkyl or cyclic N) is 1. The van der Waals surface area contributed by atoms with Gasteiger partial charge in [0.2, 0.25) is 0 Å². The van der Waals surface area contributed by atoms with Crippen molar-refractivity contribution >= 4 is 0 Å². The Morgan fingerprint density at radius 3 is 1.86 bits per heavy atom. The van der Waals surface area contributed by atoms with Gasteiger partial charge in [-0.05, 0) is 26.2 Å². The van der Waals surface area contributed by atoms with Crippen LogP contribution >= 0.6 is 0 Å². The minimum absolute atomic E-state index is 0.125. The van der Waals surface area contributed by atoms with Crippen LogP contribution in [0.4, 0.5) is 0 Å². The van der Waals surface area contributed by atoms with Crippen LogP contribution in [0.1, 0.15) is 47.0 Å². The highest BCUT2D eigenvalue weighted by atomic mass is 16.3. The van der Waals surface area contributed by atoms with Crippen LogP contribution in [0.15, 0.2) is 0 Å². The summed E-state index contributed by atoms with van der Waals surface area (Å²) in [4.78, 5) is 0. The average Bonchev–Trinajstić information content (AvgIpc) is 2.21. The standard InChI is InChI=1S/C11H25NO2/c1-5-10(4,14)8-12-11(6-2,7-3)9-13/h12-14H,5-9H2,1-4H3. The number of nitrogens with one attached hydrogen (secondary N) is 1. The van der Waals surface area contributed by atoms with Crippen molar-refractivity contribution in [2.24, 2.45) is 0 Å². The first-order valence-corrected chi connectivity index (χ1v) is 5.53. The predicted octanol–water partition coefficient (Wildman–Crippen LogP) is 1.29. The maximum Gasteiger partial charge on any atom is 0.0741 e. The van der Waals surface area contributed by atoms with Crippen molar-refractivity contribution in [2.45, 2.75) is 58.1 Å². The molecule has 0 amide bonds. The fourth-order valence-corrected chi connectivity index (χ4v) is 1.28. The summed E-state index contributed by atoms with van der Waals surface area (Å²) in [7, 11) is 0. The molecule has 0 heterocycles. The number of aliphatic hydroxyl groups is 2. The van der Waals surface area contributed by atoms with Crippen LogP contribution in [0.3, 0.4) is 0 Å². The van der Waals surface area contributed by atoms with E-state index in [1.54, 1.807) is 0 Å². The molecular formula is C11H25NO2. The zero-order valence-corrected chi connectivity index (χ0v) is 9.93. The molecule has 1 atom stereocenters. The molecule has 0 aromatic heterocycles. The first-order valence-electron chi connectivity index (χ1n) is 5.53. The minimum Gasteiger partial charge on any atom is -0.394 e. The second-order valence-corrected chi connectivity index (χ2v) is 4.35. The van der Waals surface area contributed by atoms with Crippen LogP contribution < -0.4 is 5.32 Å². The Hall–Kier alpha value is -0.120. The predicted molar refractivity (Wildman–Crippen MR) is 59.3 cm³/mol. The number of aliphatic hydroxyl groups excluding tert-OH is 1. The highest BCUT2D eigenvalue weighted by molar-refractivity contribution is 4.87. The largest absolute Gasteiger partial charge is 0.394 e. The van der Waals surface area contributed by atoms with E-state index in [1.807, 2.05) is 27.7 Å². The van der Waals surface area contributed by atoms with E-state index in [0.29, 0.717) is 6.54 Å². The van der Waals surface area contributed by atoms with Crippen LogP contribution in [0.2, 0.25) is 0 Å². The molecule has 0 aliphatic carbocycles. The quantitative estimate of drug-likeness (QED) is 0.584. The van der Waals surface area contributed by atoms with Crippen LogP contribution in [-0.2, 0) is 0 Å². The molecule has 3 nitrogen and oxygen atoms in total. The monoisotopic (exact) mass is 203 g/mol. The summed E-state index contributed by atoms with van der Waals surface area (Å²) in [6, 6.07) is 0. The summed E-state index contributed by atoms with van der Waals surface area (Å²) < 4.78 is 0. The van der Waals surface area contributed by atoms with Gasteiger partial charge in [0, 0.05) is 12.1 Å². The Morgan fingerprint density at radius 2 is 1.57 bits per heavy atom. The van der Waals surface area contributed by atoms with Crippen LogP contribution in [0.25, 0.3) is 0 Å². The second kappa shape index (κ2) is 5.69. The zero-order chi connectivity index (χ0) is 11.2. The number of rotatable bonds is 7. The number of hydrogen-bond acceptors (Lipinski definition) is 3. The Balaban J connectivity index is 4.19. The summed E-state index contributed by atoms with van der Waals surface area (Å²) in [5.41, 5.74) is -0.899. The fourth-order valence-electron chi connectivity index (χ4n) is 1.28. The second-order valence-electron chi connectivity index (χ2n) is 4.35. The highest BCUT2D eigenvalue weighted by Crippen LogP contribution is 2.16. The zero-order valence-electron chi connectivity index (χ0n) is 9.93. The summed E-state index contributed by atoms with van der Waals surface area (Å²) in [6.45, 7) is 8.53. The van der Waals surface area contributed by atoms with Gasteiger partial charge in [0.25, 0.3) is 0 Å². The van der Waals surface area contributed by atoms with Gasteiger partial charge in [-0.1, -0.05) is 20.8 Å². The van der Waals surface area contributed by atoms with Gasteiger partial charge in [-0.25, -0.2) is 0 Å².